The summed E-state index contributed by atoms with van der Waals surface area (Å²) in [5.74, 6) is 6.57. The van der Waals surface area contributed by atoms with Crippen LogP contribution >= 0.6 is 0 Å². The Kier molecular flexibility index (Phi) is 4.08. The maximum atomic E-state index is 5.40. The molecule has 0 aliphatic carbocycles. The van der Waals surface area contributed by atoms with E-state index < -0.39 is 0 Å². The van der Waals surface area contributed by atoms with Gasteiger partial charge in [-0.2, -0.15) is 0 Å². The first-order valence-electron chi connectivity index (χ1n) is 4.07. The second-order valence-corrected chi connectivity index (χ2v) is 2.45. The van der Waals surface area contributed by atoms with Gasteiger partial charge >= 0.3 is 0 Å². The predicted octanol–water partition coefficient (Wildman–Crippen LogP) is 0.537. The summed E-state index contributed by atoms with van der Waals surface area (Å²) in [5.41, 5.74) is 2.51. The summed E-state index contributed by atoms with van der Waals surface area (Å²) in [4.78, 5) is 0. The number of methoxy groups -OCH3 is 1. The van der Waals surface area contributed by atoms with Crippen LogP contribution in [0.15, 0.2) is 24.3 Å². The van der Waals surface area contributed by atoms with Crippen LogP contribution in [0.2, 0.25) is 0 Å². The van der Waals surface area contributed by atoms with E-state index in [1.165, 1.54) is 0 Å². The fourth-order valence-electron chi connectivity index (χ4n) is 0.958. The Bertz CT molecular complexity index is 253. The largest absolute Gasteiger partial charge is 0.493 e. The van der Waals surface area contributed by atoms with Crippen molar-refractivity contribution >= 4 is 0 Å². The second-order valence-electron chi connectivity index (χ2n) is 2.45. The standard InChI is InChI=1S/C9H14N2O2/c1-12-8-4-2-3-5-9(8)13-7-6-11-10/h2-5,11H,6-7,10H2,1H3. The molecule has 3 N–H and O–H groups in total. The molecule has 0 radical (unpaired) electrons. The average molecular weight is 182 g/mol. The van der Waals surface area contributed by atoms with Crippen LogP contribution in [-0.4, -0.2) is 20.3 Å². The summed E-state index contributed by atoms with van der Waals surface area (Å²) in [7, 11) is 1.61. The molecule has 1 rings (SSSR count). The molecule has 0 heterocycles. The van der Waals surface area contributed by atoms with E-state index in [1.54, 1.807) is 7.11 Å². The summed E-state index contributed by atoms with van der Waals surface area (Å²) in [6.07, 6.45) is 0. The van der Waals surface area contributed by atoms with Crippen LogP contribution in [0, 0.1) is 0 Å². The molecule has 4 nitrogen and oxygen atoms in total. The molecular formula is C9H14N2O2. The van der Waals surface area contributed by atoms with E-state index >= 15 is 0 Å². The first-order valence-corrected chi connectivity index (χ1v) is 4.07. The van der Waals surface area contributed by atoms with Crippen LogP contribution in [0.3, 0.4) is 0 Å². The molecule has 4 heteroatoms. The molecule has 0 bridgehead atoms. The molecule has 0 aromatic heterocycles. The SMILES string of the molecule is COc1ccccc1OCCNN. The topological polar surface area (TPSA) is 56.5 Å². The number of hydrazine groups is 1. The van der Waals surface area contributed by atoms with E-state index in [2.05, 4.69) is 5.43 Å². The molecule has 0 saturated heterocycles. The van der Waals surface area contributed by atoms with Gasteiger partial charge in [0.25, 0.3) is 0 Å². The quantitative estimate of drug-likeness (QED) is 0.396. The Labute approximate surface area is 77.6 Å². The van der Waals surface area contributed by atoms with E-state index in [9.17, 15) is 0 Å². The summed E-state index contributed by atoms with van der Waals surface area (Å²) >= 11 is 0. The molecule has 1 aromatic rings. The highest BCUT2D eigenvalue weighted by atomic mass is 16.5. The van der Waals surface area contributed by atoms with Gasteiger partial charge in [0, 0.05) is 6.54 Å². The Hall–Kier alpha value is -1.26. The van der Waals surface area contributed by atoms with Crippen LogP contribution in [-0.2, 0) is 0 Å². The first-order chi connectivity index (χ1) is 6.38. The third kappa shape index (κ3) is 2.93. The zero-order valence-electron chi connectivity index (χ0n) is 7.62. The van der Waals surface area contributed by atoms with Crippen molar-refractivity contribution in [3.8, 4) is 11.5 Å². The highest BCUT2D eigenvalue weighted by molar-refractivity contribution is 5.39. The van der Waals surface area contributed by atoms with E-state index in [4.69, 9.17) is 15.3 Å². The lowest BCUT2D eigenvalue weighted by atomic mass is 10.3. The first kappa shape index (κ1) is 9.83. The van der Waals surface area contributed by atoms with Crippen LogP contribution < -0.4 is 20.7 Å². The van der Waals surface area contributed by atoms with Crippen molar-refractivity contribution in [1.29, 1.82) is 0 Å². The minimum atomic E-state index is 0.525. The second kappa shape index (κ2) is 5.40. The zero-order chi connectivity index (χ0) is 9.52. The molecular weight excluding hydrogens is 168 g/mol. The maximum Gasteiger partial charge on any atom is 0.161 e. The van der Waals surface area contributed by atoms with E-state index in [1.807, 2.05) is 24.3 Å². The van der Waals surface area contributed by atoms with Gasteiger partial charge < -0.3 is 9.47 Å². The van der Waals surface area contributed by atoms with Crippen molar-refractivity contribution in [3.05, 3.63) is 24.3 Å². The number of nitrogens with one attached hydrogen (secondary N) is 1. The average Bonchev–Trinajstić information content (AvgIpc) is 2.19. The lowest BCUT2D eigenvalue weighted by Gasteiger charge is -2.09. The smallest absolute Gasteiger partial charge is 0.161 e. The monoisotopic (exact) mass is 182 g/mol. The van der Waals surface area contributed by atoms with Gasteiger partial charge in [-0.25, -0.2) is 0 Å². The summed E-state index contributed by atoms with van der Waals surface area (Å²) in [6, 6.07) is 7.50. The van der Waals surface area contributed by atoms with Crippen LogP contribution in [0.25, 0.3) is 0 Å². The van der Waals surface area contributed by atoms with Gasteiger partial charge in [0.15, 0.2) is 11.5 Å². The predicted molar refractivity (Wildman–Crippen MR) is 50.7 cm³/mol. The van der Waals surface area contributed by atoms with Crippen molar-refractivity contribution in [1.82, 2.24) is 5.43 Å². The molecule has 13 heavy (non-hydrogen) atoms. The third-order valence-corrected chi connectivity index (χ3v) is 1.57. The summed E-state index contributed by atoms with van der Waals surface area (Å²) in [5, 5.41) is 0. The molecule has 0 atom stereocenters. The number of benzene rings is 1. The van der Waals surface area contributed by atoms with Gasteiger partial charge in [-0.15, -0.1) is 0 Å². The van der Waals surface area contributed by atoms with Gasteiger partial charge in [0.1, 0.15) is 6.61 Å². The molecule has 72 valence electrons. The third-order valence-electron chi connectivity index (χ3n) is 1.57. The molecule has 0 unspecified atom stereocenters. The van der Waals surface area contributed by atoms with E-state index in [0.29, 0.717) is 13.2 Å². The number of nitrogens with two attached hydrogens (primary N) is 1. The Morgan fingerprint density at radius 1 is 1.31 bits per heavy atom. The number of ether oxygens (including phenoxy) is 2. The molecule has 0 spiro atoms. The fourth-order valence-corrected chi connectivity index (χ4v) is 0.958. The van der Waals surface area contributed by atoms with Crippen LogP contribution in [0.5, 0.6) is 11.5 Å². The molecule has 0 saturated carbocycles. The summed E-state index contributed by atoms with van der Waals surface area (Å²) < 4.78 is 10.5. The minimum absolute atomic E-state index is 0.525. The van der Waals surface area contributed by atoms with Crippen LogP contribution in [0.1, 0.15) is 0 Å². The Morgan fingerprint density at radius 2 is 2.00 bits per heavy atom. The molecule has 1 aromatic carbocycles. The summed E-state index contributed by atoms with van der Waals surface area (Å²) in [6.45, 7) is 1.13. The molecule has 0 aliphatic heterocycles. The van der Waals surface area contributed by atoms with Gasteiger partial charge in [-0.3, -0.25) is 11.3 Å². The van der Waals surface area contributed by atoms with Gasteiger partial charge in [0.2, 0.25) is 0 Å². The van der Waals surface area contributed by atoms with Crippen molar-refractivity contribution in [2.75, 3.05) is 20.3 Å². The van der Waals surface area contributed by atoms with Crippen molar-refractivity contribution in [2.24, 2.45) is 5.84 Å². The lowest BCUT2D eigenvalue weighted by Crippen LogP contribution is -2.27. The van der Waals surface area contributed by atoms with E-state index in [-0.39, 0.29) is 0 Å². The minimum Gasteiger partial charge on any atom is -0.493 e. The molecule has 0 fully saturated rings. The van der Waals surface area contributed by atoms with Crippen molar-refractivity contribution < 1.29 is 9.47 Å². The number of hydrogen-bond acceptors (Lipinski definition) is 4. The van der Waals surface area contributed by atoms with Crippen molar-refractivity contribution in [3.63, 3.8) is 0 Å². The normalized spacial score (nSPS) is 9.69. The Morgan fingerprint density at radius 3 is 2.62 bits per heavy atom. The van der Waals surface area contributed by atoms with Gasteiger partial charge in [-0.1, -0.05) is 12.1 Å². The highest BCUT2D eigenvalue weighted by Gasteiger charge is 2.00. The van der Waals surface area contributed by atoms with Crippen molar-refractivity contribution in [2.45, 2.75) is 0 Å². The number of para-hydroxylation sites is 2. The zero-order valence-corrected chi connectivity index (χ0v) is 7.62. The number of hydrogen-bond donors (Lipinski definition) is 2. The van der Waals surface area contributed by atoms with Crippen LogP contribution in [0.4, 0.5) is 0 Å². The lowest BCUT2D eigenvalue weighted by molar-refractivity contribution is 0.293. The van der Waals surface area contributed by atoms with Gasteiger partial charge in [-0.05, 0) is 12.1 Å². The maximum absolute atomic E-state index is 5.40. The molecule has 0 amide bonds. The van der Waals surface area contributed by atoms with E-state index in [0.717, 1.165) is 11.5 Å². The number of rotatable bonds is 5. The molecule has 0 aliphatic rings. The van der Waals surface area contributed by atoms with Gasteiger partial charge in [0.05, 0.1) is 7.11 Å². The highest BCUT2D eigenvalue weighted by Crippen LogP contribution is 2.25. The fraction of sp³-hybridized carbons (Fsp3) is 0.333. The Balaban J connectivity index is 2.54.